The second kappa shape index (κ2) is 6.19. The number of rotatable bonds is 4. The van der Waals surface area contributed by atoms with E-state index < -0.39 is 11.9 Å². The van der Waals surface area contributed by atoms with Gasteiger partial charge in [-0.2, -0.15) is 5.10 Å². The number of halogens is 1. The number of likely N-dealkylation sites (tertiary alicyclic amines) is 1. The van der Waals surface area contributed by atoms with Crippen LogP contribution >= 0.6 is 11.6 Å². The molecule has 1 aromatic heterocycles. The van der Waals surface area contributed by atoms with Crippen molar-refractivity contribution in [1.82, 2.24) is 14.7 Å². The highest BCUT2D eigenvalue weighted by Crippen LogP contribution is 2.44. The van der Waals surface area contributed by atoms with E-state index in [0.29, 0.717) is 23.0 Å². The van der Waals surface area contributed by atoms with E-state index in [4.69, 9.17) is 11.6 Å². The third kappa shape index (κ3) is 3.14. The van der Waals surface area contributed by atoms with Crippen LogP contribution in [0, 0.1) is 17.8 Å². The minimum atomic E-state index is -0.802. The van der Waals surface area contributed by atoms with Gasteiger partial charge in [0.2, 0.25) is 0 Å². The van der Waals surface area contributed by atoms with Crippen LogP contribution in [0.4, 0.5) is 0 Å². The van der Waals surface area contributed by atoms with E-state index in [9.17, 15) is 14.7 Å². The molecular weight excluding hydrogens is 342 g/mol. The SMILES string of the molecule is O=C(O)[C@H]1CN(C(=O)c2cnn(-c3ccc(Cl)cc3)c2)C[C@@H]1C1CC1. The van der Waals surface area contributed by atoms with Gasteiger partial charge in [0.15, 0.2) is 0 Å². The first-order chi connectivity index (χ1) is 12.0. The summed E-state index contributed by atoms with van der Waals surface area (Å²) in [5.41, 5.74) is 1.28. The Kier molecular flexibility index (Phi) is 4.00. The van der Waals surface area contributed by atoms with Crippen molar-refractivity contribution in [2.45, 2.75) is 12.8 Å². The fourth-order valence-corrected chi connectivity index (χ4v) is 3.73. The topological polar surface area (TPSA) is 75.4 Å². The summed E-state index contributed by atoms with van der Waals surface area (Å²) in [6.07, 6.45) is 5.35. The summed E-state index contributed by atoms with van der Waals surface area (Å²) in [5, 5.41) is 14.3. The Morgan fingerprint density at radius 3 is 2.52 bits per heavy atom. The van der Waals surface area contributed by atoms with Gasteiger partial charge in [0, 0.05) is 24.3 Å². The summed E-state index contributed by atoms with van der Waals surface area (Å²) in [4.78, 5) is 25.9. The number of aromatic nitrogens is 2. The van der Waals surface area contributed by atoms with Crippen LogP contribution in [0.25, 0.3) is 5.69 Å². The van der Waals surface area contributed by atoms with Gasteiger partial charge in [-0.05, 0) is 48.9 Å². The highest BCUT2D eigenvalue weighted by Gasteiger charge is 2.47. The first kappa shape index (κ1) is 16.1. The van der Waals surface area contributed by atoms with E-state index in [2.05, 4.69) is 5.10 Å². The number of aliphatic carboxylic acids is 1. The number of carbonyl (C=O) groups is 2. The van der Waals surface area contributed by atoms with Crippen molar-refractivity contribution in [2.24, 2.45) is 17.8 Å². The van der Waals surface area contributed by atoms with E-state index in [-0.39, 0.29) is 18.4 Å². The lowest BCUT2D eigenvalue weighted by Crippen LogP contribution is -2.29. The first-order valence-corrected chi connectivity index (χ1v) is 8.73. The van der Waals surface area contributed by atoms with E-state index in [1.807, 2.05) is 12.1 Å². The maximum absolute atomic E-state index is 12.8. The molecule has 2 fully saturated rings. The largest absolute Gasteiger partial charge is 0.481 e. The second-order valence-corrected chi connectivity index (χ2v) is 7.24. The molecule has 1 N–H and O–H groups in total. The van der Waals surface area contributed by atoms with Crippen molar-refractivity contribution in [2.75, 3.05) is 13.1 Å². The monoisotopic (exact) mass is 359 g/mol. The maximum Gasteiger partial charge on any atom is 0.308 e. The van der Waals surface area contributed by atoms with Gasteiger partial charge in [-0.1, -0.05) is 11.6 Å². The van der Waals surface area contributed by atoms with Gasteiger partial charge in [-0.3, -0.25) is 9.59 Å². The first-order valence-electron chi connectivity index (χ1n) is 8.35. The van der Waals surface area contributed by atoms with Gasteiger partial charge in [0.25, 0.3) is 5.91 Å². The maximum atomic E-state index is 12.8. The molecule has 1 saturated heterocycles. The molecule has 0 spiro atoms. The van der Waals surface area contributed by atoms with Crippen LogP contribution in [0.15, 0.2) is 36.7 Å². The van der Waals surface area contributed by atoms with Crippen LogP contribution in [0.2, 0.25) is 5.02 Å². The summed E-state index contributed by atoms with van der Waals surface area (Å²) in [6.45, 7) is 0.800. The Hall–Kier alpha value is -2.34. The zero-order valence-electron chi connectivity index (χ0n) is 13.5. The predicted octanol–water partition coefficient (Wildman–Crippen LogP) is 2.71. The normalized spacial score (nSPS) is 23.0. The number of benzene rings is 1. The molecule has 1 aliphatic heterocycles. The molecule has 2 heterocycles. The number of nitrogens with zero attached hydrogens (tertiary/aromatic N) is 3. The molecule has 4 rings (SSSR count). The van der Waals surface area contributed by atoms with Crippen LogP contribution in [0.3, 0.4) is 0 Å². The lowest BCUT2D eigenvalue weighted by Gasteiger charge is -2.15. The number of carboxylic acids is 1. The average molecular weight is 360 g/mol. The van der Waals surface area contributed by atoms with Gasteiger partial charge < -0.3 is 10.0 Å². The third-order valence-electron chi connectivity index (χ3n) is 5.12. The molecule has 1 aromatic carbocycles. The highest BCUT2D eigenvalue weighted by atomic mass is 35.5. The minimum Gasteiger partial charge on any atom is -0.481 e. The predicted molar refractivity (Wildman–Crippen MR) is 91.8 cm³/mol. The van der Waals surface area contributed by atoms with Crippen molar-refractivity contribution in [3.63, 3.8) is 0 Å². The summed E-state index contributed by atoms with van der Waals surface area (Å²) in [7, 11) is 0. The molecule has 25 heavy (non-hydrogen) atoms. The van der Waals surface area contributed by atoms with Crippen LogP contribution in [-0.4, -0.2) is 44.8 Å². The van der Waals surface area contributed by atoms with E-state index in [1.165, 1.54) is 6.20 Å². The fourth-order valence-electron chi connectivity index (χ4n) is 3.61. The van der Waals surface area contributed by atoms with Crippen molar-refractivity contribution in [1.29, 1.82) is 0 Å². The summed E-state index contributed by atoms with van der Waals surface area (Å²) >= 11 is 5.89. The fraction of sp³-hybridized carbons (Fsp3) is 0.389. The van der Waals surface area contributed by atoms with Gasteiger partial charge in [-0.25, -0.2) is 4.68 Å². The Bertz CT molecular complexity index is 813. The Balaban J connectivity index is 1.51. The Morgan fingerprint density at radius 2 is 1.88 bits per heavy atom. The van der Waals surface area contributed by atoms with Crippen molar-refractivity contribution in [3.05, 3.63) is 47.2 Å². The Labute approximate surface area is 150 Å². The second-order valence-electron chi connectivity index (χ2n) is 6.81. The summed E-state index contributed by atoms with van der Waals surface area (Å²) in [5.74, 6) is -0.884. The molecule has 1 saturated carbocycles. The van der Waals surface area contributed by atoms with Gasteiger partial charge in [0.05, 0.1) is 23.4 Å². The quantitative estimate of drug-likeness (QED) is 0.910. The third-order valence-corrected chi connectivity index (χ3v) is 5.37. The molecule has 7 heteroatoms. The highest BCUT2D eigenvalue weighted by molar-refractivity contribution is 6.30. The number of hydrogen-bond donors (Lipinski definition) is 1. The van der Waals surface area contributed by atoms with Crippen molar-refractivity contribution in [3.8, 4) is 5.69 Å². The molecule has 0 bridgehead atoms. The van der Waals surface area contributed by atoms with Crippen molar-refractivity contribution >= 4 is 23.5 Å². The van der Waals surface area contributed by atoms with Crippen molar-refractivity contribution < 1.29 is 14.7 Å². The van der Waals surface area contributed by atoms with E-state index in [0.717, 1.165) is 18.5 Å². The van der Waals surface area contributed by atoms with Crippen LogP contribution in [0.5, 0.6) is 0 Å². The standard InChI is InChI=1S/C18H18ClN3O3/c19-13-3-5-14(6-4-13)22-8-12(7-20-22)17(23)21-9-15(11-1-2-11)16(10-21)18(24)25/h3-8,11,15-16H,1-2,9-10H2,(H,24,25)/t15-,16+/m1/s1. The number of amides is 1. The van der Waals surface area contributed by atoms with Gasteiger partial charge >= 0.3 is 5.97 Å². The lowest BCUT2D eigenvalue weighted by atomic mass is 9.92. The minimum absolute atomic E-state index is 0.0766. The number of carbonyl (C=O) groups excluding carboxylic acids is 1. The molecule has 2 aromatic rings. The molecule has 0 unspecified atom stereocenters. The molecule has 2 atom stereocenters. The van der Waals surface area contributed by atoms with Crippen LogP contribution in [0.1, 0.15) is 23.2 Å². The van der Waals surface area contributed by atoms with Gasteiger partial charge in [-0.15, -0.1) is 0 Å². The molecule has 1 amide bonds. The number of carboxylic acid groups (broad SMARTS) is 1. The number of hydrogen-bond acceptors (Lipinski definition) is 3. The van der Waals surface area contributed by atoms with E-state index in [1.54, 1.807) is 27.9 Å². The smallest absolute Gasteiger partial charge is 0.308 e. The lowest BCUT2D eigenvalue weighted by molar-refractivity contribution is -0.142. The molecule has 6 nitrogen and oxygen atoms in total. The average Bonchev–Trinajstić information content (AvgIpc) is 3.16. The molecule has 2 aliphatic rings. The zero-order valence-corrected chi connectivity index (χ0v) is 14.3. The van der Waals surface area contributed by atoms with Crippen LogP contribution in [-0.2, 0) is 4.79 Å². The molecular formula is C18H18ClN3O3. The Morgan fingerprint density at radius 1 is 1.16 bits per heavy atom. The van der Waals surface area contributed by atoms with E-state index >= 15 is 0 Å². The molecule has 130 valence electrons. The molecule has 1 aliphatic carbocycles. The summed E-state index contributed by atoms with van der Waals surface area (Å²) < 4.78 is 1.62. The van der Waals surface area contributed by atoms with Crippen LogP contribution < -0.4 is 0 Å². The van der Waals surface area contributed by atoms with Gasteiger partial charge in [0.1, 0.15) is 0 Å². The molecule has 0 radical (unpaired) electrons. The summed E-state index contributed by atoms with van der Waals surface area (Å²) in [6, 6.07) is 7.17. The zero-order chi connectivity index (χ0) is 17.6.